The molecule has 0 fully saturated rings. The monoisotopic (exact) mass is 237 g/mol. The molecular formula is C14H23NO2. The van der Waals surface area contributed by atoms with Crippen molar-refractivity contribution in [1.29, 1.82) is 0 Å². The maximum absolute atomic E-state index is 8.61. The van der Waals surface area contributed by atoms with Gasteiger partial charge in [0.2, 0.25) is 0 Å². The lowest BCUT2D eigenvalue weighted by Gasteiger charge is -2.13. The molecule has 1 aromatic rings. The van der Waals surface area contributed by atoms with Gasteiger partial charge in [-0.1, -0.05) is 19.9 Å². The number of hydrogen-bond acceptors (Lipinski definition) is 3. The maximum atomic E-state index is 8.61. The average Bonchev–Trinajstić information content (AvgIpc) is 2.30. The Hall–Kier alpha value is -1.06. The van der Waals surface area contributed by atoms with Crippen LogP contribution >= 0.6 is 0 Å². The summed E-state index contributed by atoms with van der Waals surface area (Å²) >= 11 is 0. The van der Waals surface area contributed by atoms with Crippen LogP contribution in [0.1, 0.15) is 30.9 Å². The summed E-state index contributed by atoms with van der Waals surface area (Å²) in [5.74, 6) is 1.44. The van der Waals surface area contributed by atoms with E-state index in [2.05, 4.69) is 38.2 Å². The normalized spacial score (nSPS) is 10.9. The standard InChI is InChI=1S/C14H23NO2/c1-11(2)14-10-13(5-4-12(14)3)17-9-7-15-6-8-16/h4-5,10-11,15-16H,6-9H2,1-3H3. The van der Waals surface area contributed by atoms with Crippen molar-refractivity contribution < 1.29 is 9.84 Å². The van der Waals surface area contributed by atoms with Gasteiger partial charge in [0, 0.05) is 13.1 Å². The first-order chi connectivity index (χ1) is 8.15. The Balaban J connectivity index is 2.46. The molecule has 3 nitrogen and oxygen atoms in total. The summed E-state index contributed by atoms with van der Waals surface area (Å²) in [4.78, 5) is 0. The molecule has 2 N–H and O–H groups in total. The van der Waals surface area contributed by atoms with Crippen molar-refractivity contribution in [2.75, 3.05) is 26.3 Å². The zero-order valence-corrected chi connectivity index (χ0v) is 11.0. The minimum absolute atomic E-state index is 0.169. The van der Waals surface area contributed by atoms with Gasteiger partial charge >= 0.3 is 0 Å². The highest BCUT2D eigenvalue weighted by atomic mass is 16.5. The first kappa shape index (κ1) is 14.0. The second-order valence-electron chi connectivity index (χ2n) is 4.50. The summed E-state index contributed by atoms with van der Waals surface area (Å²) < 4.78 is 5.65. The number of hydrogen-bond donors (Lipinski definition) is 2. The Labute approximate surface area is 104 Å². The van der Waals surface area contributed by atoms with Gasteiger partial charge in [-0.25, -0.2) is 0 Å². The summed E-state index contributed by atoms with van der Waals surface area (Å²) in [6, 6.07) is 6.23. The molecule has 1 rings (SSSR count). The molecule has 0 spiro atoms. The third-order valence-corrected chi connectivity index (χ3v) is 2.71. The van der Waals surface area contributed by atoms with E-state index in [9.17, 15) is 0 Å². The minimum Gasteiger partial charge on any atom is -0.492 e. The summed E-state index contributed by atoms with van der Waals surface area (Å²) in [7, 11) is 0. The van der Waals surface area contributed by atoms with Crippen LogP contribution in [0.15, 0.2) is 18.2 Å². The predicted molar refractivity (Wildman–Crippen MR) is 70.7 cm³/mol. The van der Waals surface area contributed by atoms with Crippen molar-refractivity contribution in [1.82, 2.24) is 5.32 Å². The highest BCUT2D eigenvalue weighted by Crippen LogP contribution is 2.23. The molecular weight excluding hydrogens is 214 g/mol. The molecule has 3 heteroatoms. The molecule has 0 atom stereocenters. The molecule has 1 aromatic carbocycles. The SMILES string of the molecule is Cc1ccc(OCCNCCO)cc1C(C)C. The fourth-order valence-corrected chi connectivity index (χ4v) is 1.78. The highest BCUT2D eigenvalue weighted by molar-refractivity contribution is 5.36. The quantitative estimate of drug-likeness (QED) is 0.713. The second-order valence-corrected chi connectivity index (χ2v) is 4.50. The van der Waals surface area contributed by atoms with Gasteiger partial charge in [0.15, 0.2) is 0 Å². The van der Waals surface area contributed by atoms with Crippen LogP contribution < -0.4 is 10.1 Å². The van der Waals surface area contributed by atoms with Crippen LogP contribution in [-0.2, 0) is 0 Å². The Kier molecular flexibility index (Phi) is 6.01. The van der Waals surface area contributed by atoms with Gasteiger partial charge in [-0.15, -0.1) is 0 Å². The minimum atomic E-state index is 0.169. The first-order valence-corrected chi connectivity index (χ1v) is 6.20. The lowest BCUT2D eigenvalue weighted by Crippen LogP contribution is -2.23. The van der Waals surface area contributed by atoms with E-state index in [4.69, 9.17) is 9.84 Å². The van der Waals surface area contributed by atoms with Gasteiger partial charge in [-0.05, 0) is 36.1 Å². The molecule has 17 heavy (non-hydrogen) atoms. The van der Waals surface area contributed by atoms with Crippen molar-refractivity contribution in [2.24, 2.45) is 0 Å². The molecule has 0 saturated carbocycles. The first-order valence-electron chi connectivity index (χ1n) is 6.20. The predicted octanol–water partition coefficient (Wildman–Crippen LogP) is 2.08. The van der Waals surface area contributed by atoms with Crippen molar-refractivity contribution >= 4 is 0 Å². The van der Waals surface area contributed by atoms with Crippen LogP contribution in [0.5, 0.6) is 5.75 Å². The molecule has 0 radical (unpaired) electrons. The lowest BCUT2D eigenvalue weighted by molar-refractivity contribution is 0.276. The van der Waals surface area contributed by atoms with Gasteiger partial charge in [0.25, 0.3) is 0 Å². The van der Waals surface area contributed by atoms with Gasteiger partial charge in [0.1, 0.15) is 12.4 Å². The Morgan fingerprint density at radius 1 is 1.29 bits per heavy atom. The highest BCUT2D eigenvalue weighted by Gasteiger charge is 2.05. The molecule has 96 valence electrons. The van der Waals surface area contributed by atoms with E-state index < -0.39 is 0 Å². The van der Waals surface area contributed by atoms with Gasteiger partial charge in [-0.3, -0.25) is 0 Å². The number of aliphatic hydroxyl groups excluding tert-OH is 1. The molecule has 0 aliphatic rings. The van der Waals surface area contributed by atoms with Crippen LogP contribution in [0.3, 0.4) is 0 Å². The van der Waals surface area contributed by atoms with Crippen molar-refractivity contribution in [3.8, 4) is 5.75 Å². The zero-order chi connectivity index (χ0) is 12.7. The molecule has 0 aromatic heterocycles. The van der Waals surface area contributed by atoms with Gasteiger partial charge < -0.3 is 15.2 Å². The average molecular weight is 237 g/mol. The lowest BCUT2D eigenvalue weighted by atomic mass is 9.98. The molecule has 0 amide bonds. The fraction of sp³-hybridized carbons (Fsp3) is 0.571. The summed E-state index contributed by atoms with van der Waals surface area (Å²) in [6.07, 6.45) is 0. The van der Waals surface area contributed by atoms with E-state index >= 15 is 0 Å². The van der Waals surface area contributed by atoms with E-state index in [-0.39, 0.29) is 6.61 Å². The summed E-state index contributed by atoms with van der Waals surface area (Å²) in [5, 5.41) is 11.7. The third kappa shape index (κ3) is 4.75. The largest absolute Gasteiger partial charge is 0.492 e. The molecule has 0 unspecified atom stereocenters. The van der Waals surface area contributed by atoms with Crippen LogP contribution in [0.25, 0.3) is 0 Å². The molecule has 0 bridgehead atoms. The molecule has 0 aliphatic carbocycles. The van der Waals surface area contributed by atoms with Gasteiger partial charge in [-0.2, -0.15) is 0 Å². The van der Waals surface area contributed by atoms with E-state index in [1.807, 2.05) is 6.07 Å². The van der Waals surface area contributed by atoms with Crippen molar-refractivity contribution in [2.45, 2.75) is 26.7 Å². The van der Waals surface area contributed by atoms with Gasteiger partial charge in [0.05, 0.1) is 6.61 Å². The Bertz CT molecular complexity index is 337. The third-order valence-electron chi connectivity index (χ3n) is 2.71. The number of aryl methyl sites for hydroxylation is 1. The Morgan fingerprint density at radius 3 is 2.71 bits per heavy atom. The molecule has 0 aliphatic heterocycles. The van der Waals surface area contributed by atoms with Crippen molar-refractivity contribution in [3.63, 3.8) is 0 Å². The number of aliphatic hydroxyl groups is 1. The number of benzene rings is 1. The second kappa shape index (κ2) is 7.30. The van der Waals surface area contributed by atoms with Crippen LogP contribution in [0, 0.1) is 6.92 Å². The van der Waals surface area contributed by atoms with Crippen LogP contribution in [0.4, 0.5) is 0 Å². The van der Waals surface area contributed by atoms with Crippen molar-refractivity contribution in [3.05, 3.63) is 29.3 Å². The van der Waals surface area contributed by atoms with E-state index in [0.29, 0.717) is 19.1 Å². The topological polar surface area (TPSA) is 41.5 Å². The number of ether oxygens (including phenoxy) is 1. The maximum Gasteiger partial charge on any atom is 0.119 e. The summed E-state index contributed by atoms with van der Waals surface area (Å²) in [5.41, 5.74) is 2.65. The molecule has 0 heterocycles. The van der Waals surface area contributed by atoms with Crippen LogP contribution in [-0.4, -0.2) is 31.4 Å². The number of nitrogens with one attached hydrogen (secondary N) is 1. The van der Waals surface area contributed by atoms with E-state index in [0.717, 1.165) is 12.3 Å². The smallest absolute Gasteiger partial charge is 0.119 e. The summed E-state index contributed by atoms with van der Waals surface area (Å²) in [6.45, 7) is 8.67. The van der Waals surface area contributed by atoms with Crippen LogP contribution in [0.2, 0.25) is 0 Å². The molecule has 0 saturated heterocycles. The fourth-order valence-electron chi connectivity index (χ4n) is 1.78. The number of rotatable bonds is 7. The Morgan fingerprint density at radius 2 is 2.06 bits per heavy atom. The zero-order valence-electron chi connectivity index (χ0n) is 11.0. The van der Waals surface area contributed by atoms with E-state index in [1.165, 1.54) is 11.1 Å². The van der Waals surface area contributed by atoms with E-state index in [1.54, 1.807) is 0 Å².